The van der Waals surface area contributed by atoms with Crippen LogP contribution in [-0.4, -0.2) is 29.9 Å². The lowest BCUT2D eigenvalue weighted by molar-refractivity contribution is -0.385. The van der Waals surface area contributed by atoms with E-state index >= 15 is 0 Å². The van der Waals surface area contributed by atoms with Crippen molar-refractivity contribution in [2.75, 3.05) is 13.9 Å². The number of carbonyl (C=O) groups is 1. The minimum Gasteiger partial charge on any atom is -0.478 e. The van der Waals surface area contributed by atoms with Crippen molar-refractivity contribution in [2.45, 2.75) is 6.61 Å². The molecule has 0 radical (unpaired) electrons. The number of hydrogen-bond donors (Lipinski definition) is 1. The number of rotatable bonds is 6. The Bertz CT molecular complexity index is 887. The van der Waals surface area contributed by atoms with Gasteiger partial charge in [-0.25, -0.2) is 4.79 Å². The Morgan fingerprint density at radius 2 is 1.92 bits per heavy atom. The number of nitro benzene ring substituents is 1. The number of fused-ring (bicyclic) bond motifs is 1. The van der Waals surface area contributed by atoms with Crippen LogP contribution in [-0.2, 0) is 16.1 Å². The van der Waals surface area contributed by atoms with Crippen LogP contribution in [0.5, 0.6) is 11.5 Å². The molecule has 1 aliphatic rings. The highest BCUT2D eigenvalue weighted by molar-refractivity contribution is 6.21. The van der Waals surface area contributed by atoms with Crippen LogP contribution < -0.4 is 9.47 Å². The molecule has 1 aliphatic heterocycles. The van der Waals surface area contributed by atoms with Gasteiger partial charge in [0, 0.05) is 7.11 Å². The molecule has 0 fully saturated rings. The van der Waals surface area contributed by atoms with Gasteiger partial charge in [0.05, 0.1) is 28.7 Å². The molecule has 2 aromatic carbocycles. The van der Waals surface area contributed by atoms with Gasteiger partial charge < -0.3 is 19.3 Å². The van der Waals surface area contributed by atoms with Gasteiger partial charge in [0.2, 0.25) is 6.79 Å². The van der Waals surface area contributed by atoms with Gasteiger partial charge in [-0.05, 0) is 23.3 Å². The molecule has 3 rings (SSSR count). The van der Waals surface area contributed by atoms with Gasteiger partial charge in [-0.1, -0.05) is 24.3 Å². The van der Waals surface area contributed by atoms with Gasteiger partial charge in [-0.2, -0.15) is 0 Å². The van der Waals surface area contributed by atoms with Crippen LogP contribution in [0.1, 0.15) is 16.7 Å². The molecule has 0 aliphatic carbocycles. The maximum absolute atomic E-state index is 11.7. The van der Waals surface area contributed by atoms with Gasteiger partial charge in [-0.15, -0.1) is 0 Å². The first-order chi connectivity index (χ1) is 12.5. The molecule has 26 heavy (non-hydrogen) atoms. The molecule has 0 atom stereocenters. The van der Waals surface area contributed by atoms with Gasteiger partial charge in [0.15, 0.2) is 11.5 Å². The van der Waals surface area contributed by atoms with Crippen LogP contribution in [0.25, 0.3) is 11.6 Å². The van der Waals surface area contributed by atoms with E-state index in [1.165, 1.54) is 18.2 Å². The summed E-state index contributed by atoms with van der Waals surface area (Å²) in [7, 11) is 1.56. The van der Waals surface area contributed by atoms with E-state index in [2.05, 4.69) is 0 Å². The Kier molecular flexibility index (Phi) is 4.85. The summed E-state index contributed by atoms with van der Waals surface area (Å²) in [6, 6.07) is 9.38. The zero-order valence-electron chi connectivity index (χ0n) is 13.8. The van der Waals surface area contributed by atoms with Crippen LogP contribution >= 0.6 is 0 Å². The number of nitro groups is 1. The first-order valence-corrected chi connectivity index (χ1v) is 7.61. The Balaban J connectivity index is 2.07. The van der Waals surface area contributed by atoms with Crippen molar-refractivity contribution >= 4 is 23.3 Å². The Morgan fingerprint density at radius 1 is 1.27 bits per heavy atom. The van der Waals surface area contributed by atoms with E-state index < -0.39 is 10.9 Å². The molecule has 0 saturated carbocycles. The SMILES string of the molecule is COCc1ccc(/C(=C\c2cc3c(cc2[N+](=O)[O-])OCO3)C(=O)O)cc1. The molecule has 1 N–H and O–H groups in total. The summed E-state index contributed by atoms with van der Waals surface area (Å²) in [5, 5.41) is 20.9. The summed E-state index contributed by atoms with van der Waals surface area (Å²) in [6.45, 7) is 0.367. The number of nitrogens with zero attached hydrogens (tertiary/aromatic N) is 1. The molecule has 1 heterocycles. The van der Waals surface area contributed by atoms with E-state index in [-0.39, 0.29) is 29.4 Å². The van der Waals surface area contributed by atoms with Crippen LogP contribution in [0.2, 0.25) is 0 Å². The minimum atomic E-state index is -1.20. The first-order valence-electron chi connectivity index (χ1n) is 7.61. The predicted octanol–water partition coefficient (Wildman–Crippen LogP) is 3.10. The second kappa shape index (κ2) is 7.24. The summed E-state index contributed by atoms with van der Waals surface area (Å²) in [5.74, 6) is -0.604. The molecular weight excluding hydrogens is 342 g/mol. The van der Waals surface area contributed by atoms with Crippen LogP contribution in [0, 0.1) is 10.1 Å². The van der Waals surface area contributed by atoms with Crippen LogP contribution in [0.15, 0.2) is 36.4 Å². The number of hydrogen-bond acceptors (Lipinski definition) is 6. The minimum absolute atomic E-state index is 0.0353. The second-order valence-electron chi connectivity index (χ2n) is 5.51. The molecule has 0 aromatic heterocycles. The zero-order chi connectivity index (χ0) is 18.7. The fraction of sp³-hybridized carbons (Fsp3) is 0.167. The lowest BCUT2D eigenvalue weighted by atomic mass is 10.0. The number of carboxylic acids is 1. The highest BCUT2D eigenvalue weighted by atomic mass is 16.7. The lowest BCUT2D eigenvalue weighted by Crippen LogP contribution is -2.01. The van der Waals surface area contributed by atoms with E-state index in [1.807, 2.05) is 0 Å². The molecule has 8 nitrogen and oxygen atoms in total. The highest BCUT2D eigenvalue weighted by Crippen LogP contribution is 2.39. The van der Waals surface area contributed by atoms with E-state index in [9.17, 15) is 20.0 Å². The third-order valence-corrected chi connectivity index (χ3v) is 3.82. The predicted molar refractivity (Wildman–Crippen MR) is 91.9 cm³/mol. The average Bonchev–Trinajstić information content (AvgIpc) is 3.07. The van der Waals surface area contributed by atoms with E-state index in [4.69, 9.17) is 14.2 Å². The lowest BCUT2D eigenvalue weighted by Gasteiger charge is -2.06. The molecule has 0 saturated heterocycles. The standard InChI is InChI=1S/C18H15NO7/c1-24-9-11-2-4-12(5-3-11)14(18(20)21)6-13-7-16-17(26-10-25-16)8-15(13)19(22)23/h2-8H,9-10H2,1H3,(H,20,21)/b14-6+. The fourth-order valence-electron chi connectivity index (χ4n) is 2.59. The van der Waals surface area contributed by atoms with Gasteiger partial charge >= 0.3 is 5.97 Å². The number of ether oxygens (including phenoxy) is 3. The van der Waals surface area contributed by atoms with Crippen molar-refractivity contribution in [3.05, 3.63) is 63.2 Å². The Hall–Kier alpha value is -3.39. The summed E-state index contributed by atoms with van der Waals surface area (Å²) in [4.78, 5) is 22.5. The third kappa shape index (κ3) is 3.50. The number of benzene rings is 2. The number of aliphatic carboxylic acids is 1. The Morgan fingerprint density at radius 3 is 2.50 bits per heavy atom. The van der Waals surface area contributed by atoms with Crippen molar-refractivity contribution in [3.8, 4) is 11.5 Å². The average molecular weight is 357 g/mol. The normalized spacial score (nSPS) is 12.9. The van der Waals surface area contributed by atoms with E-state index in [1.54, 1.807) is 31.4 Å². The van der Waals surface area contributed by atoms with Gasteiger partial charge in [0.1, 0.15) is 0 Å². The third-order valence-electron chi connectivity index (χ3n) is 3.82. The van der Waals surface area contributed by atoms with Crippen LogP contribution in [0.3, 0.4) is 0 Å². The smallest absolute Gasteiger partial charge is 0.336 e. The highest BCUT2D eigenvalue weighted by Gasteiger charge is 2.23. The van der Waals surface area contributed by atoms with Crippen molar-refractivity contribution in [1.82, 2.24) is 0 Å². The largest absolute Gasteiger partial charge is 0.478 e. The van der Waals surface area contributed by atoms with E-state index in [0.29, 0.717) is 17.9 Å². The summed E-state index contributed by atoms with van der Waals surface area (Å²) in [6.07, 6.45) is 1.26. The van der Waals surface area contributed by atoms with Crippen molar-refractivity contribution in [3.63, 3.8) is 0 Å². The summed E-state index contributed by atoms with van der Waals surface area (Å²) < 4.78 is 15.4. The number of methoxy groups -OCH3 is 1. The molecular formula is C18H15NO7. The maximum Gasteiger partial charge on any atom is 0.336 e. The van der Waals surface area contributed by atoms with Gasteiger partial charge in [0.25, 0.3) is 5.69 Å². The number of carboxylic acid groups (broad SMARTS) is 1. The Labute approximate surface area is 148 Å². The molecule has 8 heteroatoms. The van der Waals surface area contributed by atoms with E-state index in [0.717, 1.165) is 5.56 Å². The zero-order valence-corrected chi connectivity index (χ0v) is 13.8. The maximum atomic E-state index is 11.7. The molecule has 2 aromatic rings. The van der Waals surface area contributed by atoms with Crippen molar-refractivity contribution < 1.29 is 29.0 Å². The summed E-state index contributed by atoms with van der Waals surface area (Å²) >= 11 is 0. The van der Waals surface area contributed by atoms with Gasteiger partial charge in [-0.3, -0.25) is 10.1 Å². The molecule has 0 bridgehead atoms. The molecule has 0 amide bonds. The topological polar surface area (TPSA) is 108 Å². The quantitative estimate of drug-likeness (QED) is 0.366. The first kappa shape index (κ1) is 17.4. The van der Waals surface area contributed by atoms with Crippen LogP contribution in [0.4, 0.5) is 5.69 Å². The summed E-state index contributed by atoms with van der Waals surface area (Å²) in [5.41, 5.74) is 1.09. The fourth-order valence-corrected chi connectivity index (χ4v) is 2.59. The molecule has 134 valence electrons. The molecule has 0 spiro atoms. The van der Waals surface area contributed by atoms with Crippen molar-refractivity contribution in [1.29, 1.82) is 0 Å². The second-order valence-corrected chi connectivity index (χ2v) is 5.51. The monoisotopic (exact) mass is 357 g/mol. The molecule has 0 unspecified atom stereocenters. The van der Waals surface area contributed by atoms with Crippen molar-refractivity contribution in [2.24, 2.45) is 0 Å².